The van der Waals surface area contributed by atoms with E-state index in [-0.39, 0.29) is 0 Å². The van der Waals surface area contributed by atoms with Gasteiger partial charge in [-0.25, -0.2) is 0 Å². The maximum absolute atomic E-state index is 10.6. The molecule has 0 aliphatic carbocycles. The first-order chi connectivity index (χ1) is 12.8. The summed E-state index contributed by atoms with van der Waals surface area (Å²) in [6, 6.07) is 25.6. The molecule has 0 radical (unpaired) electrons. The van der Waals surface area contributed by atoms with E-state index in [4.69, 9.17) is 0 Å². The fourth-order valence-corrected chi connectivity index (χ4v) is 3.79. The molecule has 1 aliphatic rings. The molecule has 0 amide bonds. The average Bonchev–Trinajstić information content (AvgIpc) is 2.72. The van der Waals surface area contributed by atoms with E-state index in [2.05, 4.69) is 64.8 Å². The first-order valence-corrected chi connectivity index (χ1v) is 9.50. The van der Waals surface area contributed by atoms with Gasteiger partial charge in [0.15, 0.2) is 0 Å². The molecule has 0 spiro atoms. The molecule has 4 rings (SSSR count). The summed E-state index contributed by atoms with van der Waals surface area (Å²) in [5.74, 6) is 0. The van der Waals surface area contributed by atoms with E-state index in [9.17, 15) is 5.11 Å². The van der Waals surface area contributed by atoms with Gasteiger partial charge in [-0.1, -0.05) is 54.6 Å². The second-order valence-corrected chi connectivity index (χ2v) is 7.13. The zero-order valence-corrected chi connectivity index (χ0v) is 15.0. The molecule has 1 saturated heterocycles. The number of para-hydroxylation sites is 1. The quantitative estimate of drug-likeness (QED) is 0.729. The van der Waals surface area contributed by atoms with E-state index in [1.807, 2.05) is 18.2 Å². The topological polar surface area (TPSA) is 35.5 Å². The Morgan fingerprint density at radius 2 is 1.58 bits per heavy atom. The Morgan fingerprint density at radius 3 is 2.35 bits per heavy atom. The first kappa shape index (κ1) is 17.1. The minimum absolute atomic E-state index is 0.466. The van der Waals surface area contributed by atoms with Crippen molar-refractivity contribution in [1.82, 2.24) is 5.32 Å². The van der Waals surface area contributed by atoms with Crippen LogP contribution in [-0.2, 0) is 0 Å². The van der Waals surface area contributed by atoms with Crippen LogP contribution < -0.4 is 10.2 Å². The SMILES string of the molecule is OC(CNC1CCN(c2ccccc2)CC1)c1ccc2ccccc2c1. The molecule has 26 heavy (non-hydrogen) atoms. The molecular weight excluding hydrogens is 320 g/mol. The van der Waals surface area contributed by atoms with Gasteiger partial charge < -0.3 is 15.3 Å². The molecule has 1 heterocycles. The van der Waals surface area contributed by atoms with Crippen LogP contribution in [0.2, 0.25) is 0 Å². The maximum atomic E-state index is 10.6. The van der Waals surface area contributed by atoms with E-state index < -0.39 is 6.10 Å². The first-order valence-electron chi connectivity index (χ1n) is 9.50. The fraction of sp³-hybridized carbons (Fsp3) is 0.304. The van der Waals surface area contributed by atoms with E-state index in [0.717, 1.165) is 31.5 Å². The molecule has 1 atom stereocenters. The van der Waals surface area contributed by atoms with Crippen molar-refractivity contribution in [2.75, 3.05) is 24.5 Å². The maximum Gasteiger partial charge on any atom is 0.0914 e. The minimum atomic E-state index is -0.466. The standard InChI is InChI=1S/C23H26N2O/c26-23(20-11-10-18-6-4-5-7-19(18)16-20)17-24-21-12-14-25(15-13-21)22-8-2-1-3-9-22/h1-11,16,21,23-24,26H,12-15,17H2. The summed E-state index contributed by atoms with van der Waals surface area (Å²) in [6.45, 7) is 2.73. The summed E-state index contributed by atoms with van der Waals surface area (Å²) in [5, 5.41) is 16.5. The van der Waals surface area contributed by atoms with E-state index >= 15 is 0 Å². The number of aliphatic hydroxyl groups excluding tert-OH is 1. The molecule has 1 fully saturated rings. The van der Waals surface area contributed by atoms with Crippen LogP contribution in [-0.4, -0.2) is 30.8 Å². The normalized spacial score (nSPS) is 16.7. The highest BCUT2D eigenvalue weighted by atomic mass is 16.3. The van der Waals surface area contributed by atoms with Crippen molar-refractivity contribution in [2.45, 2.75) is 25.0 Å². The summed E-state index contributed by atoms with van der Waals surface area (Å²) in [7, 11) is 0. The highest BCUT2D eigenvalue weighted by Gasteiger charge is 2.20. The van der Waals surface area contributed by atoms with Crippen molar-refractivity contribution < 1.29 is 5.11 Å². The molecule has 134 valence electrons. The Morgan fingerprint density at radius 1 is 0.885 bits per heavy atom. The number of aliphatic hydroxyl groups is 1. The third-order valence-corrected chi connectivity index (χ3v) is 5.37. The lowest BCUT2D eigenvalue weighted by Crippen LogP contribution is -2.43. The van der Waals surface area contributed by atoms with Gasteiger partial charge in [-0.2, -0.15) is 0 Å². The molecule has 3 aromatic carbocycles. The summed E-state index contributed by atoms with van der Waals surface area (Å²) in [5.41, 5.74) is 2.29. The highest BCUT2D eigenvalue weighted by Crippen LogP contribution is 2.22. The summed E-state index contributed by atoms with van der Waals surface area (Å²) >= 11 is 0. The van der Waals surface area contributed by atoms with Gasteiger partial charge >= 0.3 is 0 Å². The number of piperidine rings is 1. The Hall–Kier alpha value is -2.36. The van der Waals surface area contributed by atoms with E-state index in [1.165, 1.54) is 16.5 Å². The average molecular weight is 346 g/mol. The van der Waals surface area contributed by atoms with Crippen LogP contribution in [0.4, 0.5) is 5.69 Å². The van der Waals surface area contributed by atoms with Crippen LogP contribution in [0.3, 0.4) is 0 Å². The molecule has 0 saturated carbocycles. The van der Waals surface area contributed by atoms with Crippen LogP contribution >= 0.6 is 0 Å². The number of nitrogens with zero attached hydrogens (tertiary/aromatic N) is 1. The van der Waals surface area contributed by atoms with Crippen molar-refractivity contribution in [3.05, 3.63) is 78.4 Å². The van der Waals surface area contributed by atoms with Gasteiger partial charge in [-0.05, 0) is 47.4 Å². The zero-order valence-electron chi connectivity index (χ0n) is 15.0. The Kier molecular flexibility index (Phi) is 5.19. The minimum Gasteiger partial charge on any atom is -0.387 e. The van der Waals surface area contributed by atoms with Crippen molar-refractivity contribution in [3.63, 3.8) is 0 Å². The third kappa shape index (κ3) is 3.90. The van der Waals surface area contributed by atoms with E-state index in [0.29, 0.717) is 12.6 Å². The number of rotatable bonds is 5. The van der Waals surface area contributed by atoms with Crippen molar-refractivity contribution in [2.24, 2.45) is 0 Å². The van der Waals surface area contributed by atoms with Gasteiger partial charge in [-0.15, -0.1) is 0 Å². The van der Waals surface area contributed by atoms with Gasteiger partial charge in [0.2, 0.25) is 0 Å². The lowest BCUT2D eigenvalue weighted by Gasteiger charge is -2.34. The molecule has 3 heteroatoms. The van der Waals surface area contributed by atoms with Crippen molar-refractivity contribution in [3.8, 4) is 0 Å². The number of hydrogen-bond acceptors (Lipinski definition) is 3. The van der Waals surface area contributed by atoms with Gasteiger partial charge in [0.05, 0.1) is 6.10 Å². The number of nitrogens with one attached hydrogen (secondary N) is 1. The second kappa shape index (κ2) is 7.90. The second-order valence-electron chi connectivity index (χ2n) is 7.13. The van der Waals surface area contributed by atoms with Gasteiger partial charge in [0.1, 0.15) is 0 Å². The lowest BCUT2D eigenvalue weighted by molar-refractivity contribution is 0.167. The predicted octanol–water partition coefficient (Wildman–Crippen LogP) is 4.13. The molecule has 3 aromatic rings. The molecule has 1 aliphatic heterocycles. The van der Waals surface area contributed by atoms with Crippen LogP contribution in [0, 0.1) is 0 Å². The van der Waals surface area contributed by atoms with Crippen LogP contribution in [0.1, 0.15) is 24.5 Å². The van der Waals surface area contributed by atoms with Gasteiger partial charge in [0.25, 0.3) is 0 Å². The lowest BCUT2D eigenvalue weighted by atomic mass is 10.0. The predicted molar refractivity (Wildman–Crippen MR) is 109 cm³/mol. The summed E-state index contributed by atoms with van der Waals surface area (Å²) in [6.07, 6.45) is 1.75. The van der Waals surface area contributed by atoms with Gasteiger partial charge in [-0.3, -0.25) is 0 Å². The molecule has 1 unspecified atom stereocenters. The number of fused-ring (bicyclic) bond motifs is 1. The smallest absolute Gasteiger partial charge is 0.0914 e. The Balaban J connectivity index is 1.30. The summed E-state index contributed by atoms with van der Waals surface area (Å²) < 4.78 is 0. The monoisotopic (exact) mass is 346 g/mol. The van der Waals surface area contributed by atoms with Gasteiger partial charge in [0, 0.05) is 31.4 Å². The molecule has 0 bridgehead atoms. The summed E-state index contributed by atoms with van der Waals surface area (Å²) in [4.78, 5) is 2.44. The highest BCUT2D eigenvalue weighted by molar-refractivity contribution is 5.83. The largest absolute Gasteiger partial charge is 0.387 e. The van der Waals surface area contributed by atoms with Crippen LogP contribution in [0.25, 0.3) is 10.8 Å². The number of anilines is 1. The molecular formula is C23H26N2O. The van der Waals surface area contributed by atoms with E-state index in [1.54, 1.807) is 0 Å². The van der Waals surface area contributed by atoms with Crippen molar-refractivity contribution in [1.29, 1.82) is 0 Å². The molecule has 3 nitrogen and oxygen atoms in total. The third-order valence-electron chi connectivity index (χ3n) is 5.37. The molecule has 2 N–H and O–H groups in total. The zero-order chi connectivity index (χ0) is 17.8. The Labute approximate surface area is 155 Å². The Bertz CT molecular complexity index is 841. The number of hydrogen-bond donors (Lipinski definition) is 2. The van der Waals surface area contributed by atoms with Crippen LogP contribution in [0.15, 0.2) is 72.8 Å². The molecule has 0 aromatic heterocycles. The number of benzene rings is 3. The van der Waals surface area contributed by atoms with Crippen LogP contribution in [0.5, 0.6) is 0 Å². The van der Waals surface area contributed by atoms with Crippen molar-refractivity contribution >= 4 is 16.5 Å². The fourth-order valence-electron chi connectivity index (χ4n) is 3.79.